The van der Waals surface area contributed by atoms with Crippen LogP contribution in [0.3, 0.4) is 0 Å². The van der Waals surface area contributed by atoms with Crippen LogP contribution in [0.1, 0.15) is 25.8 Å². The molecule has 1 N–H and O–H groups in total. The lowest BCUT2D eigenvalue weighted by atomic mass is 9.86. The fraction of sp³-hybridized carbons (Fsp3) is 0.500. The molecule has 4 nitrogen and oxygen atoms in total. The Balaban J connectivity index is 2.19. The van der Waals surface area contributed by atoms with Crippen molar-refractivity contribution >= 4 is 12.0 Å². The van der Waals surface area contributed by atoms with Crippen LogP contribution in [0.5, 0.6) is 5.75 Å². The van der Waals surface area contributed by atoms with Gasteiger partial charge in [-0.15, -0.1) is 0 Å². The van der Waals surface area contributed by atoms with E-state index in [9.17, 15) is 23.1 Å². The molecule has 3 atom stereocenters. The van der Waals surface area contributed by atoms with E-state index >= 15 is 0 Å². The zero-order valence-corrected chi connectivity index (χ0v) is 14.0. The van der Waals surface area contributed by atoms with Gasteiger partial charge in [-0.05, 0) is 30.4 Å². The van der Waals surface area contributed by atoms with Gasteiger partial charge in [0.05, 0.1) is 0 Å². The van der Waals surface area contributed by atoms with Crippen LogP contribution in [-0.4, -0.2) is 41.0 Å². The summed E-state index contributed by atoms with van der Waals surface area (Å²) >= 11 is 0. The van der Waals surface area contributed by atoms with Crippen LogP contribution >= 0.6 is 0 Å². The van der Waals surface area contributed by atoms with Crippen LogP contribution in [0.2, 0.25) is 0 Å². The summed E-state index contributed by atoms with van der Waals surface area (Å²) < 4.78 is 48.3. The Morgan fingerprint density at radius 1 is 1.24 bits per heavy atom. The first-order chi connectivity index (χ1) is 11.6. The molecular weight excluding hydrogens is 335 g/mol. The molecule has 1 fully saturated rings. The monoisotopic (exact) mass is 355 g/mol. The summed E-state index contributed by atoms with van der Waals surface area (Å²) in [6.07, 6.45) is -3.02. The number of benzene rings is 1. The quantitative estimate of drug-likeness (QED) is 0.877. The number of likely N-dealkylation sites (tertiary alicyclic amines) is 1. The molecular formula is C18H20F3NO3. The Morgan fingerprint density at radius 2 is 1.84 bits per heavy atom. The second kappa shape index (κ2) is 6.05. The van der Waals surface area contributed by atoms with Gasteiger partial charge in [0.25, 0.3) is 5.72 Å². The van der Waals surface area contributed by atoms with Crippen molar-refractivity contribution in [3.05, 3.63) is 35.4 Å². The molecule has 2 heterocycles. The number of nitrogens with zero attached hydrogens (tertiary/aromatic N) is 1. The Labute approximate surface area is 143 Å². The van der Waals surface area contributed by atoms with Crippen molar-refractivity contribution in [1.29, 1.82) is 0 Å². The third-order valence-electron chi connectivity index (χ3n) is 4.77. The van der Waals surface area contributed by atoms with Crippen molar-refractivity contribution < 1.29 is 27.8 Å². The molecule has 0 spiro atoms. The Hall–Kier alpha value is -2.02. The van der Waals surface area contributed by atoms with Gasteiger partial charge in [0.15, 0.2) is 0 Å². The van der Waals surface area contributed by atoms with Crippen LogP contribution < -0.4 is 4.74 Å². The van der Waals surface area contributed by atoms with E-state index < -0.39 is 23.4 Å². The Morgan fingerprint density at radius 3 is 2.40 bits per heavy atom. The van der Waals surface area contributed by atoms with Crippen molar-refractivity contribution in [2.24, 2.45) is 11.8 Å². The van der Waals surface area contributed by atoms with Crippen molar-refractivity contribution in [3.8, 4) is 5.75 Å². The molecule has 3 unspecified atom stereocenters. The highest BCUT2D eigenvalue weighted by molar-refractivity contribution is 5.96. The second-order valence-electron chi connectivity index (χ2n) is 7.00. The summed E-state index contributed by atoms with van der Waals surface area (Å²) in [5.74, 6) is -1.56. The zero-order chi connectivity index (χ0) is 18.4. The van der Waals surface area contributed by atoms with E-state index in [2.05, 4.69) is 0 Å². The number of piperidine rings is 1. The Kier molecular flexibility index (Phi) is 4.31. The molecule has 1 saturated heterocycles. The van der Waals surface area contributed by atoms with E-state index in [1.54, 1.807) is 18.2 Å². The standard InChI is InChI=1S/C18H20F3NO3/c1-11-7-12(2)10-22(9-11)17(18(19,20)21)14(16(23)24)8-13-5-3-4-6-15(13)25-17/h3-6,8,11-12H,7,9-10H2,1-2H3,(H,23,24). The van der Waals surface area contributed by atoms with Crippen molar-refractivity contribution in [3.63, 3.8) is 0 Å². The summed E-state index contributed by atoms with van der Waals surface area (Å²) in [5, 5.41) is 9.55. The minimum absolute atomic E-state index is 0.0128. The molecule has 25 heavy (non-hydrogen) atoms. The normalized spacial score (nSPS) is 30.2. The number of carboxylic acid groups (broad SMARTS) is 1. The van der Waals surface area contributed by atoms with E-state index in [-0.39, 0.29) is 30.7 Å². The van der Waals surface area contributed by atoms with E-state index in [4.69, 9.17) is 4.74 Å². The predicted octanol–water partition coefficient (Wildman–Crippen LogP) is 3.78. The first kappa shape index (κ1) is 17.8. The summed E-state index contributed by atoms with van der Waals surface area (Å²) in [5.41, 5.74) is -3.44. The molecule has 0 amide bonds. The molecule has 7 heteroatoms. The first-order valence-electron chi connectivity index (χ1n) is 8.20. The largest absolute Gasteiger partial charge is 0.478 e. The average molecular weight is 355 g/mol. The number of para-hydroxylation sites is 1. The van der Waals surface area contributed by atoms with Gasteiger partial charge in [-0.3, -0.25) is 4.90 Å². The van der Waals surface area contributed by atoms with E-state index in [0.717, 1.165) is 17.4 Å². The topological polar surface area (TPSA) is 49.8 Å². The van der Waals surface area contributed by atoms with Gasteiger partial charge in [-0.25, -0.2) is 4.79 Å². The van der Waals surface area contributed by atoms with Gasteiger partial charge in [-0.1, -0.05) is 32.0 Å². The van der Waals surface area contributed by atoms with Crippen LogP contribution in [0, 0.1) is 11.8 Å². The summed E-state index contributed by atoms with van der Waals surface area (Å²) in [6.45, 7) is 3.98. The van der Waals surface area contributed by atoms with Gasteiger partial charge in [0, 0.05) is 18.7 Å². The van der Waals surface area contributed by atoms with Crippen LogP contribution in [0.25, 0.3) is 6.08 Å². The highest BCUT2D eigenvalue weighted by Gasteiger charge is 2.67. The van der Waals surface area contributed by atoms with Gasteiger partial charge in [0.2, 0.25) is 0 Å². The maximum atomic E-state index is 14.3. The summed E-state index contributed by atoms with van der Waals surface area (Å²) in [6, 6.07) is 6.17. The highest BCUT2D eigenvalue weighted by atomic mass is 19.4. The molecule has 0 radical (unpaired) electrons. The zero-order valence-electron chi connectivity index (χ0n) is 14.0. The molecule has 2 aliphatic heterocycles. The van der Waals surface area contributed by atoms with Gasteiger partial charge >= 0.3 is 12.1 Å². The van der Waals surface area contributed by atoms with Crippen molar-refractivity contribution in [1.82, 2.24) is 4.90 Å². The maximum Gasteiger partial charge on any atom is 0.448 e. The molecule has 1 aromatic rings. The lowest BCUT2D eigenvalue weighted by Gasteiger charge is -2.49. The molecule has 0 saturated carbocycles. The SMILES string of the molecule is CC1CC(C)CN(C2(C(F)(F)F)Oc3ccccc3C=C2C(=O)O)C1. The molecule has 3 rings (SSSR count). The van der Waals surface area contributed by atoms with Crippen molar-refractivity contribution in [2.45, 2.75) is 32.2 Å². The van der Waals surface area contributed by atoms with Gasteiger partial charge in [-0.2, -0.15) is 13.2 Å². The van der Waals surface area contributed by atoms with Crippen LogP contribution in [0.15, 0.2) is 29.8 Å². The van der Waals surface area contributed by atoms with Crippen LogP contribution in [-0.2, 0) is 4.79 Å². The minimum Gasteiger partial charge on any atom is -0.478 e. The number of carbonyl (C=O) groups is 1. The number of carboxylic acids is 1. The number of hydrogen-bond acceptors (Lipinski definition) is 3. The number of hydrogen-bond donors (Lipinski definition) is 1. The smallest absolute Gasteiger partial charge is 0.448 e. The average Bonchev–Trinajstić information content (AvgIpc) is 2.51. The fourth-order valence-electron chi connectivity index (χ4n) is 3.91. The highest BCUT2D eigenvalue weighted by Crippen LogP contribution is 2.48. The number of ether oxygens (including phenoxy) is 1. The van der Waals surface area contributed by atoms with E-state index in [1.807, 2.05) is 13.8 Å². The van der Waals surface area contributed by atoms with Crippen molar-refractivity contribution in [2.75, 3.05) is 13.1 Å². The molecule has 2 aliphatic rings. The fourth-order valence-corrected chi connectivity index (χ4v) is 3.91. The first-order valence-corrected chi connectivity index (χ1v) is 8.20. The molecule has 1 aromatic carbocycles. The van der Waals surface area contributed by atoms with Gasteiger partial charge in [0.1, 0.15) is 11.3 Å². The van der Waals surface area contributed by atoms with Crippen LogP contribution in [0.4, 0.5) is 13.2 Å². The number of halogens is 3. The molecule has 136 valence electrons. The molecule has 0 bridgehead atoms. The lowest BCUT2D eigenvalue weighted by Crippen LogP contribution is -2.68. The second-order valence-corrected chi connectivity index (χ2v) is 7.00. The maximum absolute atomic E-state index is 14.3. The Bertz CT molecular complexity index is 706. The number of aliphatic carboxylic acids is 1. The number of fused-ring (bicyclic) bond motifs is 1. The molecule has 0 aromatic heterocycles. The third-order valence-corrected chi connectivity index (χ3v) is 4.77. The van der Waals surface area contributed by atoms with Gasteiger partial charge < -0.3 is 9.84 Å². The summed E-state index contributed by atoms with van der Waals surface area (Å²) in [7, 11) is 0. The summed E-state index contributed by atoms with van der Waals surface area (Å²) in [4.78, 5) is 12.9. The van der Waals surface area contributed by atoms with E-state index in [0.29, 0.717) is 5.56 Å². The number of alkyl halides is 3. The van der Waals surface area contributed by atoms with E-state index in [1.165, 1.54) is 6.07 Å². The lowest BCUT2D eigenvalue weighted by molar-refractivity contribution is -0.292. The third kappa shape index (κ3) is 2.90. The minimum atomic E-state index is -4.90. The molecule has 0 aliphatic carbocycles. The predicted molar refractivity (Wildman–Crippen MR) is 86.0 cm³/mol. The number of rotatable bonds is 2.